The molecular formula is C17H26ClN3O2. The van der Waals surface area contributed by atoms with Crippen molar-refractivity contribution in [1.29, 1.82) is 0 Å². The molecule has 1 aromatic rings. The number of nitrogens with one attached hydrogen (secondary N) is 3. The number of urea groups is 1. The van der Waals surface area contributed by atoms with Crippen LogP contribution in [0.4, 0.5) is 4.79 Å². The van der Waals surface area contributed by atoms with Crippen molar-refractivity contribution in [3.63, 3.8) is 0 Å². The second-order valence-electron chi connectivity index (χ2n) is 6.47. The standard InChI is InChI=1S/C17H26ClN3O2/c1-12(2)21-15(22)9-10-19-16(23)20-11-17(3,4)13-5-7-14(18)8-6-13/h5-8,12H,9-11H2,1-4H3,(H,21,22)(H2,19,20,23). The average molecular weight is 340 g/mol. The van der Waals surface area contributed by atoms with Crippen LogP contribution in [0.25, 0.3) is 0 Å². The number of hydrogen-bond acceptors (Lipinski definition) is 2. The summed E-state index contributed by atoms with van der Waals surface area (Å²) < 4.78 is 0. The van der Waals surface area contributed by atoms with Crippen molar-refractivity contribution < 1.29 is 9.59 Å². The second-order valence-corrected chi connectivity index (χ2v) is 6.91. The van der Waals surface area contributed by atoms with Gasteiger partial charge in [0.15, 0.2) is 0 Å². The van der Waals surface area contributed by atoms with Gasteiger partial charge in [0.25, 0.3) is 0 Å². The summed E-state index contributed by atoms with van der Waals surface area (Å²) in [5, 5.41) is 8.99. The molecule has 0 aliphatic heterocycles. The molecule has 0 radical (unpaired) electrons. The lowest BCUT2D eigenvalue weighted by Gasteiger charge is -2.25. The summed E-state index contributed by atoms with van der Waals surface area (Å²) in [6, 6.07) is 7.43. The summed E-state index contributed by atoms with van der Waals surface area (Å²) in [6.07, 6.45) is 0.270. The van der Waals surface area contributed by atoms with E-state index in [0.29, 0.717) is 18.1 Å². The topological polar surface area (TPSA) is 70.2 Å². The highest BCUT2D eigenvalue weighted by molar-refractivity contribution is 6.30. The van der Waals surface area contributed by atoms with Crippen LogP contribution in [-0.4, -0.2) is 31.1 Å². The van der Waals surface area contributed by atoms with E-state index >= 15 is 0 Å². The van der Waals surface area contributed by atoms with Crippen LogP contribution in [0.3, 0.4) is 0 Å². The van der Waals surface area contributed by atoms with E-state index in [1.807, 2.05) is 52.0 Å². The third-order valence-electron chi connectivity index (χ3n) is 3.40. The van der Waals surface area contributed by atoms with E-state index in [0.717, 1.165) is 5.56 Å². The Morgan fingerprint density at radius 3 is 2.30 bits per heavy atom. The zero-order valence-corrected chi connectivity index (χ0v) is 15.0. The molecule has 0 bridgehead atoms. The van der Waals surface area contributed by atoms with Crippen molar-refractivity contribution in [3.8, 4) is 0 Å². The largest absolute Gasteiger partial charge is 0.354 e. The molecule has 0 aliphatic rings. The number of benzene rings is 1. The fourth-order valence-corrected chi connectivity index (χ4v) is 2.18. The first kappa shape index (κ1) is 19.3. The number of amides is 3. The van der Waals surface area contributed by atoms with Gasteiger partial charge in [0.1, 0.15) is 0 Å². The van der Waals surface area contributed by atoms with E-state index in [4.69, 9.17) is 11.6 Å². The van der Waals surface area contributed by atoms with E-state index in [-0.39, 0.29) is 29.8 Å². The fourth-order valence-electron chi connectivity index (χ4n) is 2.05. The minimum atomic E-state index is -0.274. The molecule has 0 aliphatic carbocycles. The maximum absolute atomic E-state index is 11.8. The molecule has 1 aromatic carbocycles. The summed E-state index contributed by atoms with van der Waals surface area (Å²) in [5.74, 6) is -0.0678. The third-order valence-corrected chi connectivity index (χ3v) is 3.66. The predicted molar refractivity (Wildman–Crippen MR) is 93.8 cm³/mol. The first-order valence-corrected chi connectivity index (χ1v) is 8.15. The van der Waals surface area contributed by atoms with E-state index in [1.165, 1.54) is 0 Å². The van der Waals surface area contributed by atoms with E-state index in [9.17, 15) is 9.59 Å². The summed E-state index contributed by atoms with van der Waals surface area (Å²) in [7, 11) is 0. The van der Waals surface area contributed by atoms with Gasteiger partial charge in [-0.3, -0.25) is 4.79 Å². The highest BCUT2D eigenvalue weighted by Gasteiger charge is 2.21. The molecule has 0 heterocycles. The second kappa shape index (κ2) is 8.77. The van der Waals surface area contributed by atoms with Gasteiger partial charge in [-0.2, -0.15) is 0 Å². The maximum atomic E-state index is 11.8. The maximum Gasteiger partial charge on any atom is 0.314 e. The molecule has 23 heavy (non-hydrogen) atoms. The fraction of sp³-hybridized carbons (Fsp3) is 0.529. The Morgan fingerprint density at radius 1 is 1.13 bits per heavy atom. The molecule has 0 atom stereocenters. The van der Waals surface area contributed by atoms with Crippen LogP contribution in [0, 0.1) is 0 Å². The smallest absolute Gasteiger partial charge is 0.314 e. The van der Waals surface area contributed by atoms with Crippen molar-refractivity contribution in [2.24, 2.45) is 0 Å². The number of hydrogen-bond donors (Lipinski definition) is 3. The molecule has 0 unspecified atom stereocenters. The average Bonchev–Trinajstić information content (AvgIpc) is 2.45. The van der Waals surface area contributed by atoms with Crippen LogP contribution >= 0.6 is 11.6 Å². The highest BCUT2D eigenvalue weighted by Crippen LogP contribution is 2.23. The molecular weight excluding hydrogens is 314 g/mol. The predicted octanol–water partition coefficient (Wildman–Crippen LogP) is 2.83. The van der Waals surface area contributed by atoms with E-state index in [2.05, 4.69) is 16.0 Å². The normalized spacial score (nSPS) is 11.2. The molecule has 128 valence electrons. The van der Waals surface area contributed by atoms with Crippen LogP contribution in [0.2, 0.25) is 5.02 Å². The Labute approximate surface area is 143 Å². The van der Waals surface area contributed by atoms with Crippen LogP contribution < -0.4 is 16.0 Å². The Bertz CT molecular complexity index is 527. The summed E-state index contributed by atoms with van der Waals surface area (Å²) in [6.45, 7) is 8.69. The number of rotatable bonds is 7. The number of halogens is 1. The minimum absolute atomic E-state index is 0.0678. The monoisotopic (exact) mass is 339 g/mol. The molecule has 1 rings (SSSR count). The van der Waals surface area contributed by atoms with Crippen molar-refractivity contribution in [2.45, 2.75) is 45.6 Å². The zero-order valence-electron chi connectivity index (χ0n) is 14.2. The lowest BCUT2D eigenvalue weighted by atomic mass is 9.85. The van der Waals surface area contributed by atoms with Gasteiger partial charge >= 0.3 is 6.03 Å². The lowest BCUT2D eigenvalue weighted by Crippen LogP contribution is -2.43. The Morgan fingerprint density at radius 2 is 1.74 bits per heavy atom. The van der Waals surface area contributed by atoms with Crippen LogP contribution in [0.5, 0.6) is 0 Å². The Balaban J connectivity index is 2.34. The van der Waals surface area contributed by atoms with Crippen LogP contribution in [-0.2, 0) is 10.2 Å². The van der Waals surface area contributed by atoms with Gasteiger partial charge in [0, 0.05) is 36.0 Å². The van der Waals surface area contributed by atoms with Crippen molar-refractivity contribution >= 4 is 23.5 Å². The first-order chi connectivity index (χ1) is 10.7. The summed E-state index contributed by atoms with van der Waals surface area (Å²) in [5.41, 5.74) is 0.884. The van der Waals surface area contributed by atoms with Crippen molar-refractivity contribution in [3.05, 3.63) is 34.9 Å². The first-order valence-electron chi connectivity index (χ1n) is 7.78. The SMILES string of the molecule is CC(C)NC(=O)CCNC(=O)NCC(C)(C)c1ccc(Cl)cc1. The molecule has 3 amide bonds. The van der Waals surface area contributed by atoms with Gasteiger partial charge in [-0.05, 0) is 31.5 Å². The van der Waals surface area contributed by atoms with Gasteiger partial charge in [-0.15, -0.1) is 0 Å². The van der Waals surface area contributed by atoms with Gasteiger partial charge < -0.3 is 16.0 Å². The zero-order chi connectivity index (χ0) is 17.5. The minimum Gasteiger partial charge on any atom is -0.354 e. The van der Waals surface area contributed by atoms with Crippen molar-refractivity contribution in [2.75, 3.05) is 13.1 Å². The molecule has 0 saturated carbocycles. The number of carbonyl (C=O) groups excluding carboxylic acids is 2. The molecule has 5 nitrogen and oxygen atoms in total. The number of carbonyl (C=O) groups is 2. The quantitative estimate of drug-likeness (QED) is 0.715. The lowest BCUT2D eigenvalue weighted by molar-refractivity contribution is -0.121. The van der Waals surface area contributed by atoms with Crippen LogP contribution in [0.15, 0.2) is 24.3 Å². The van der Waals surface area contributed by atoms with E-state index < -0.39 is 0 Å². The molecule has 6 heteroatoms. The van der Waals surface area contributed by atoms with Gasteiger partial charge in [0.05, 0.1) is 0 Å². The highest BCUT2D eigenvalue weighted by atomic mass is 35.5. The van der Waals surface area contributed by atoms with Gasteiger partial charge in [-0.25, -0.2) is 4.79 Å². The summed E-state index contributed by atoms with van der Waals surface area (Å²) in [4.78, 5) is 23.3. The van der Waals surface area contributed by atoms with Gasteiger partial charge in [0.2, 0.25) is 5.91 Å². The molecule has 0 fully saturated rings. The third kappa shape index (κ3) is 7.37. The van der Waals surface area contributed by atoms with Gasteiger partial charge in [-0.1, -0.05) is 37.6 Å². The molecule has 0 aromatic heterocycles. The molecule has 0 spiro atoms. The van der Waals surface area contributed by atoms with E-state index in [1.54, 1.807) is 0 Å². The molecule has 0 saturated heterocycles. The Kier molecular flexibility index (Phi) is 7.36. The summed E-state index contributed by atoms with van der Waals surface area (Å²) >= 11 is 5.89. The van der Waals surface area contributed by atoms with Crippen molar-refractivity contribution in [1.82, 2.24) is 16.0 Å². The molecule has 3 N–H and O–H groups in total. The van der Waals surface area contributed by atoms with Crippen LogP contribution in [0.1, 0.15) is 39.7 Å². The Hall–Kier alpha value is -1.75.